The van der Waals surface area contributed by atoms with Crippen LogP contribution in [-0.4, -0.2) is 49.2 Å². The quantitative estimate of drug-likeness (QED) is 0.777. The Bertz CT molecular complexity index is 363. The fourth-order valence-corrected chi connectivity index (χ4v) is 2.87. The summed E-state index contributed by atoms with van der Waals surface area (Å²) in [6, 6.07) is 8.69. The molecule has 1 atom stereocenters. The van der Waals surface area contributed by atoms with Crippen molar-refractivity contribution in [2.24, 2.45) is 5.92 Å². The van der Waals surface area contributed by atoms with Gasteiger partial charge in [0.25, 0.3) is 0 Å². The van der Waals surface area contributed by atoms with Crippen molar-refractivity contribution >= 4 is 11.8 Å². The highest BCUT2D eigenvalue weighted by molar-refractivity contribution is 7.98. The molecule has 0 aromatic heterocycles. The lowest BCUT2D eigenvalue weighted by molar-refractivity contribution is 0.147. The maximum Gasteiger partial charge on any atom is 0.0558 e. The predicted octanol–water partition coefficient (Wildman–Crippen LogP) is 2.24. The lowest BCUT2D eigenvalue weighted by Crippen LogP contribution is -2.32. The van der Waals surface area contributed by atoms with Crippen LogP contribution in [0.25, 0.3) is 0 Å². The van der Waals surface area contributed by atoms with E-state index in [1.807, 2.05) is 0 Å². The number of hydrogen-bond donors (Lipinski definition) is 1. The number of hydrogen-bond acceptors (Lipinski definition) is 4. The van der Waals surface area contributed by atoms with E-state index in [0.717, 1.165) is 39.3 Å². The van der Waals surface area contributed by atoms with Gasteiger partial charge in [-0.15, -0.1) is 11.8 Å². The summed E-state index contributed by atoms with van der Waals surface area (Å²) in [5.41, 5.74) is 1.31. The molecule has 0 aliphatic carbocycles. The Morgan fingerprint density at radius 3 is 2.74 bits per heavy atom. The minimum absolute atomic E-state index is 0.219. The molecule has 1 heterocycles. The summed E-state index contributed by atoms with van der Waals surface area (Å²) < 4.78 is 5.42. The summed E-state index contributed by atoms with van der Waals surface area (Å²) in [6.07, 6.45) is 3.24. The van der Waals surface area contributed by atoms with Gasteiger partial charge in [0.2, 0.25) is 0 Å². The van der Waals surface area contributed by atoms with Crippen LogP contribution in [0.15, 0.2) is 29.2 Å². The van der Waals surface area contributed by atoms with Gasteiger partial charge in [0.15, 0.2) is 0 Å². The number of rotatable bonds is 7. The number of nitrogens with zero attached hydrogens (tertiary/aromatic N) is 1. The molecule has 1 aromatic rings. The van der Waals surface area contributed by atoms with Gasteiger partial charge in [-0.1, -0.05) is 12.1 Å². The molecule has 106 valence electrons. The standard InChI is InChI=1S/C15H23NO2S/c1-19-15-4-2-13(3-5-15)10-16(7-8-17)11-14-6-9-18-12-14/h2-5,14,17H,6-12H2,1H3/t14-/m1/s1. The fraction of sp³-hybridized carbons (Fsp3) is 0.600. The molecule has 0 amide bonds. The van der Waals surface area contributed by atoms with Crippen LogP contribution in [0.1, 0.15) is 12.0 Å². The second kappa shape index (κ2) is 7.90. The lowest BCUT2D eigenvalue weighted by atomic mass is 10.1. The van der Waals surface area contributed by atoms with Gasteiger partial charge >= 0.3 is 0 Å². The van der Waals surface area contributed by atoms with E-state index < -0.39 is 0 Å². The van der Waals surface area contributed by atoms with Gasteiger partial charge in [0, 0.05) is 31.1 Å². The minimum Gasteiger partial charge on any atom is -0.395 e. The highest BCUT2D eigenvalue weighted by atomic mass is 32.2. The second-order valence-corrected chi connectivity index (χ2v) is 5.92. The van der Waals surface area contributed by atoms with Crippen molar-refractivity contribution < 1.29 is 9.84 Å². The monoisotopic (exact) mass is 281 g/mol. The fourth-order valence-electron chi connectivity index (χ4n) is 2.46. The third kappa shape index (κ3) is 4.80. The molecule has 1 saturated heterocycles. The molecular formula is C15H23NO2S. The first kappa shape index (κ1) is 14.9. The van der Waals surface area contributed by atoms with Gasteiger partial charge in [-0.2, -0.15) is 0 Å². The Labute approximate surface area is 120 Å². The number of aliphatic hydroxyl groups is 1. The normalized spacial score (nSPS) is 19.2. The molecular weight excluding hydrogens is 258 g/mol. The predicted molar refractivity (Wildman–Crippen MR) is 79.5 cm³/mol. The molecule has 1 aliphatic rings. The maximum atomic E-state index is 9.19. The second-order valence-electron chi connectivity index (χ2n) is 5.04. The highest BCUT2D eigenvalue weighted by Gasteiger charge is 2.19. The summed E-state index contributed by atoms with van der Waals surface area (Å²) >= 11 is 1.76. The van der Waals surface area contributed by atoms with Crippen LogP contribution >= 0.6 is 11.8 Å². The summed E-state index contributed by atoms with van der Waals surface area (Å²) in [5.74, 6) is 0.622. The number of ether oxygens (including phenoxy) is 1. The van der Waals surface area contributed by atoms with Gasteiger partial charge in [0.1, 0.15) is 0 Å². The Morgan fingerprint density at radius 1 is 1.37 bits per heavy atom. The van der Waals surface area contributed by atoms with Crippen molar-refractivity contribution in [2.75, 3.05) is 39.2 Å². The zero-order chi connectivity index (χ0) is 13.5. The molecule has 3 nitrogen and oxygen atoms in total. The van der Waals surface area contributed by atoms with Crippen molar-refractivity contribution in [2.45, 2.75) is 17.9 Å². The molecule has 0 spiro atoms. The zero-order valence-corrected chi connectivity index (χ0v) is 12.4. The van der Waals surface area contributed by atoms with Crippen molar-refractivity contribution in [3.8, 4) is 0 Å². The van der Waals surface area contributed by atoms with Crippen LogP contribution in [0.3, 0.4) is 0 Å². The van der Waals surface area contributed by atoms with Crippen LogP contribution in [0.2, 0.25) is 0 Å². The van der Waals surface area contributed by atoms with Crippen molar-refractivity contribution in [3.05, 3.63) is 29.8 Å². The molecule has 0 saturated carbocycles. The van der Waals surface area contributed by atoms with E-state index >= 15 is 0 Å². The van der Waals surface area contributed by atoms with Crippen molar-refractivity contribution in [3.63, 3.8) is 0 Å². The summed E-state index contributed by atoms with van der Waals surface area (Å²) in [6.45, 7) is 4.64. The van der Waals surface area contributed by atoms with E-state index in [2.05, 4.69) is 35.4 Å². The average Bonchev–Trinajstić information content (AvgIpc) is 2.93. The number of aliphatic hydroxyl groups excluding tert-OH is 1. The lowest BCUT2D eigenvalue weighted by Gasteiger charge is -2.24. The van der Waals surface area contributed by atoms with Crippen LogP contribution in [0.4, 0.5) is 0 Å². The van der Waals surface area contributed by atoms with Gasteiger partial charge in [0.05, 0.1) is 13.2 Å². The molecule has 0 unspecified atom stereocenters. The third-order valence-corrected chi connectivity index (χ3v) is 4.27. The maximum absolute atomic E-state index is 9.19. The molecule has 1 aromatic carbocycles. The van der Waals surface area contributed by atoms with Crippen LogP contribution in [0, 0.1) is 5.92 Å². The summed E-state index contributed by atoms with van der Waals surface area (Å²) in [5, 5.41) is 9.19. The largest absolute Gasteiger partial charge is 0.395 e. The molecule has 1 aliphatic heterocycles. The number of thioether (sulfide) groups is 1. The van der Waals surface area contributed by atoms with Gasteiger partial charge < -0.3 is 9.84 Å². The zero-order valence-electron chi connectivity index (χ0n) is 11.5. The first-order chi connectivity index (χ1) is 9.31. The summed E-state index contributed by atoms with van der Waals surface area (Å²) in [4.78, 5) is 3.62. The van der Waals surface area contributed by atoms with Crippen molar-refractivity contribution in [1.29, 1.82) is 0 Å². The van der Waals surface area contributed by atoms with E-state index in [0.29, 0.717) is 5.92 Å². The van der Waals surface area contributed by atoms with Crippen LogP contribution in [-0.2, 0) is 11.3 Å². The van der Waals surface area contributed by atoms with E-state index in [1.54, 1.807) is 11.8 Å². The smallest absolute Gasteiger partial charge is 0.0558 e. The molecule has 4 heteroatoms. The molecule has 1 N–H and O–H groups in total. The Hall–Kier alpha value is -0.550. The van der Waals surface area contributed by atoms with Gasteiger partial charge in [-0.25, -0.2) is 0 Å². The molecule has 19 heavy (non-hydrogen) atoms. The Morgan fingerprint density at radius 2 is 2.16 bits per heavy atom. The summed E-state index contributed by atoms with van der Waals surface area (Å²) in [7, 11) is 0. The van der Waals surface area contributed by atoms with Crippen molar-refractivity contribution in [1.82, 2.24) is 4.90 Å². The van der Waals surface area contributed by atoms with Gasteiger partial charge in [-0.3, -0.25) is 4.90 Å². The van der Waals surface area contributed by atoms with E-state index in [1.165, 1.54) is 10.5 Å². The molecule has 1 fully saturated rings. The SMILES string of the molecule is CSc1ccc(CN(CCO)C[C@H]2CCOC2)cc1. The third-order valence-electron chi connectivity index (χ3n) is 3.52. The first-order valence-electron chi connectivity index (χ1n) is 6.85. The highest BCUT2D eigenvalue weighted by Crippen LogP contribution is 2.18. The van der Waals surface area contributed by atoms with E-state index in [-0.39, 0.29) is 6.61 Å². The topological polar surface area (TPSA) is 32.7 Å². The first-order valence-corrected chi connectivity index (χ1v) is 8.08. The van der Waals surface area contributed by atoms with Crippen LogP contribution in [0.5, 0.6) is 0 Å². The number of benzene rings is 1. The molecule has 2 rings (SSSR count). The van der Waals surface area contributed by atoms with Crippen LogP contribution < -0.4 is 0 Å². The Kier molecular flexibility index (Phi) is 6.17. The Balaban J connectivity index is 1.90. The van der Waals surface area contributed by atoms with E-state index in [4.69, 9.17) is 4.74 Å². The minimum atomic E-state index is 0.219. The van der Waals surface area contributed by atoms with E-state index in [9.17, 15) is 5.11 Å². The average molecular weight is 281 g/mol. The molecule has 0 radical (unpaired) electrons. The molecule has 0 bridgehead atoms. The van der Waals surface area contributed by atoms with Gasteiger partial charge in [-0.05, 0) is 36.3 Å².